The number of hydrogen-bond donors (Lipinski definition) is 2. The van der Waals surface area contributed by atoms with Gasteiger partial charge in [0.1, 0.15) is 0 Å². The molecule has 0 spiro atoms. The topological polar surface area (TPSA) is 109 Å². The smallest absolute Gasteiger partial charge is 0.324 e. The molecule has 11 heteroatoms. The van der Waals surface area contributed by atoms with Gasteiger partial charge in [0.2, 0.25) is 0 Å². The van der Waals surface area contributed by atoms with Crippen molar-refractivity contribution in [1.82, 2.24) is 19.1 Å². The average molecular weight is 471 g/mol. The highest BCUT2D eigenvalue weighted by Gasteiger charge is 2.37. The van der Waals surface area contributed by atoms with E-state index in [-0.39, 0.29) is 34.0 Å². The van der Waals surface area contributed by atoms with Gasteiger partial charge in [-0.05, 0) is 30.5 Å². The van der Waals surface area contributed by atoms with E-state index in [1.54, 1.807) is 41.3 Å². The van der Waals surface area contributed by atoms with Crippen molar-refractivity contribution in [2.75, 3.05) is 23.7 Å². The van der Waals surface area contributed by atoms with Crippen molar-refractivity contribution in [3.05, 3.63) is 69.2 Å². The average Bonchev–Trinajstić information content (AvgIpc) is 3.23. The standard InChI is InChI=1S/C21H19ClN6O3S/c22-14-4-1-2-5-15(14)23-21(31)24-19-18(25-26-32-19)20(30)27-9-12-8-13(11-27)16-6-3-7-17(29)28(16)10-12/h1-7,12-13H,8-11H2,(H2,23,24,31). The number of amides is 3. The molecule has 1 fully saturated rings. The summed E-state index contributed by atoms with van der Waals surface area (Å²) in [4.78, 5) is 39.6. The second kappa shape index (κ2) is 8.36. The molecule has 1 aromatic carbocycles. The van der Waals surface area contributed by atoms with Crippen LogP contribution in [0.4, 0.5) is 15.5 Å². The number of carbonyl (C=O) groups is 2. The normalized spacial score (nSPS) is 19.2. The molecule has 3 amide bonds. The molecule has 32 heavy (non-hydrogen) atoms. The van der Waals surface area contributed by atoms with Crippen molar-refractivity contribution in [3.63, 3.8) is 0 Å². The van der Waals surface area contributed by atoms with Crippen molar-refractivity contribution < 1.29 is 9.59 Å². The molecule has 2 aliphatic heterocycles. The maximum Gasteiger partial charge on any atom is 0.324 e. The van der Waals surface area contributed by atoms with Gasteiger partial charge in [0.05, 0.1) is 10.7 Å². The minimum absolute atomic E-state index is 0.00306. The van der Waals surface area contributed by atoms with Crippen molar-refractivity contribution >= 4 is 45.8 Å². The van der Waals surface area contributed by atoms with E-state index < -0.39 is 6.03 Å². The van der Waals surface area contributed by atoms with Crippen molar-refractivity contribution in [1.29, 1.82) is 0 Å². The van der Waals surface area contributed by atoms with Gasteiger partial charge in [0.25, 0.3) is 11.5 Å². The van der Waals surface area contributed by atoms with Crippen molar-refractivity contribution in [2.24, 2.45) is 5.92 Å². The number of likely N-dealkylation sites (tertiary alicyclic amines) is 1. The number of nitrogens with zero attached hydrogens (tertiary/aromatic N) is 4. The number of rotatable bonds is 3. The molecule has 2 bridgehead atoms. The van der Waals surface area contributed by atoms with Crippen molar-refractivity contribution in [3.8, 4) is 0 Å². The first-order valence-corrected chi connectivity index (χ1v) is 11.3. The quantitative estimate of drug-likeness (QED) is 0.610. The highest BCUT2D eigenvalue weighted by atomic mass is 35.5. The van der Waals surface area contributed by atoms with Crippen LogP contribution in [0.2, 0.25) is 5.02 Å². The van der Waals surface area contributed by atoms with E-state index in [1.165, 1.54) is 0 Å². The van der Waals surface area contributed by atoms with Gasteiger partial charge in [-0.2, -0.15) is 0 Å². The lowest BCUT2D eigenvalue weighted by molar-refractivity contribution is 0.0590. The van der Waals surface area contributed by atoms with Crippen LogP contribution in [0, 0.1) is 5.92 Å². The van der Waals surface area contributed by atoms with E-state index in [4.69, 9.17) is 11.6 Å². The predicted molar refractivity (Wildman–Crippen MR) is 121 cm³/mol. The van der Waals surface area contributed by atoms with Gasteiger partial charge < -0.3 is 14.8 Å². The molecule has 5 rings (SSSR count). The Morgan fingerprint density at radius 3 is 2.75 bits per heavy atom. The third-order valence-corrected chi connectivity index (χ3v) is 6.78. The van der Waals surface area contributed by atoms with Crippen LogP contribution in [0.5, 0.6) is 0 Å². The highest BCUT2D eigenvalue weighted by molar-refractivity contribution is 7.10. The number of para-hydroxylation sites is 1. The van der Waals surface area contributed by atoms with Gasteiger partial charge >= 0.3 is 6.03 Å². The number of hydrogen-bond acceptors (Lipinski definition) is 6. The fourth-order valence-corrected chi connectivity index (χ4v) is 5.18. The monoisotopic (exact) mass is 470 g/mol. The zero-order chi connectivity index (χ0) is 22.2. The Kier molecular flexibility index (Phi) is 5.40. The molecule has 2 unspecified atom stereocenters. The lowest BCUT2D eigenvalue weighted by Gasteiger charge is -2.42. The number of aromatic nitrogens is 3. The Balaban J connectivity index is 1.31. The first kappa shape index (κ1) is 20.7. The van der Waals surface area contributed by atoms with Gasteiger partial charge in [-0.25, -0.2) is 4.79 Å². The van der Waals surface area contributed by atoms with E-state index >= 15 is 0 Å². The van der Waals surface area contributed by atoms with E-state index in [9.17, 15) is 14.4 Å². The Hall–Kier alpha value is -3.24. The van der Waals surface area contributed by atoms with Gasteiger partial charge in [-0.15, -0.1) is 5.10 Å². The molecule has 164 valence electrons. The van der Waals surface area contributed by atoms with Crippen LogP contribution in [0.25, 0.3) is 0 Å². The number of piperidine rings is 1. The minimum atomic E-state index is -0.540. The number of benzene rings is 1. The summed E-state index contributed by atoms with van der Waals surface area (Å²) in [5, 5.41) is 9.95. The molecule has 0 saturated carbocycles. The third kappa shape index (κ3) is 3.87. The van der Waals surface area contributed by atoms with Crippen LogP contribution in [-0.2, 0) is 6.54 Å². The number of pyridine rings is 1. The first-order chi connectivity index (χ1) is 15.5. The van der Waals surface area contributed by atoms with Gasteiger partial charge in [0.15, 0.2) is 10.7 Å². The fourth-order valence-electron chi connectivity index (χ4n) is 4.44. The van der Waals surface area contributed by atoms with E-state index in [0.717, 1.165) is 23.6 Å². The molecule has 2 aromatic heterocycles. The van der Waals surface area contributed by atoms with Crippen LogP contribution in [-0.4, -0.2) is 44.1 Å². The summed E-state index contributed by atoms with van der Waals surface area (Å²) in [5.41, 5.74) is 1.52. The van der Waals surface area contributed by atoms with E-state index in [0.29, 0.717) is 30.3 Å². The third-order valence-electron chi connectivity index (χ3n) is 5.81. The number of carbonyl (C=O) groups excluding carboxylic acids is 2. The van der Waals surface area contributed by atoms with Crippen LogP contribution >= 0.6 is 23.1 Å². The number of urea groups is 1. The fraction of sp³-hybridized carbons (Fsp3) is 0.286. The zero-order valence-electron chi connectivity index (χ0n) is 16.8. The van der Waals surface area contributed by atoms with Crippen LogP contribution in [0.1, 0.15) is 28.5 Å². The summed E-state index contributed by atoms with van der Waals surface area (Å²) < 4.78 is 5.68. The summed E-state index contributed by atoms with van der Waals surface area (Å²) in [6, 6.07) is 11.6. The molecule has 0 radical (unpaired) electrons. The second-order valence-electron chi connectivity index (χ2n) is 7.92. The molecular formula is C21H19ClN6O3S. The van der Waals surface area contributed by atoms with Crippen LogP contribution in [0.15, 0.2) is 47.3 Å². The zero-order valence-corrected chi connectivity index (χ0v) is 18.4. The van der Waals surface area contributed by atoms with E-state index in [2.05, 4.69) is 20.2 Å². The maximum atomic E-state index is 13.3. The number of fused-ring (bicyclic) bond motifs is 4. The Labute approximate surface area is 192 Å². The van der Waals surface area contributed by atoms with E-state index in [1.807, 2.05) is 10.6 Å². The first-order valence-electron chi connectivity index (χ1n) is 10.1. The molecule has 0 aliphatic carbocycles. The summed E-state index contributed by atoms with van der Waals surface area (Å²) >= 11 is 7.02. The molecule has 9 nitrogen and oxygen atoms in total. The number of anilines is 2. The summed E-state index contributed by atoms with van der Waals surface area (Å²) in [6.07, 6.45) is 0.938. The SMILES string of the molecule is O=C(Nc1ccccc1Cl)Nc1snnc1C(=O)N1CC2CC(C1)c1cccc(=O)n1C2. The van der Waals surface area contributed by atoms with Crippen molar-refractivity contribution in [2.45, 2.75) is 18.9 Å². The molecule has 3 aromatic rings. The lowest BCUT2D eigenvalue weighted by Crippen LogP contribution is -2.49. The van der Waals surface area contributed by atoms with Crippen LogP contribution in [0.3, 0.4) is 0 Å². The largest absolute Gasteiger partial charge is 0.336 e. The molecule has 2 N–H and O–H groups in total. The summed E-state index contributed by atoms with van der Waals surface area (Å²) in [6.45, 7) is 1.61. The Morgan fingerprint density at radius 2 is 1.91 bits per heavy atom. The van der Waals surface area contributed by atoms with Gasteiger partial charge in [0, 0.05) is 48.8 Å². The van der Waals surface area contributed by atoms with Gasteiger partial charge in [-0.3, -0.25) is 14.9 Å². The lowest BCUT2D eigenvalue weighted by atomic mass is 9.83. The highest BCUT2D eigenvalue weighted by Crippen LogP contribution is 2.36. The maximum absolute atomic E-state index is 13.3. The van der Waals surface area contributed by atoms with Crippen LogP contribution < -0.4 is 16.2 Å². The molecule has 1 saturated heterocycles. The summed E-state index contributed by atoms with van der Waals surface area (Å²) in [7, 11) is 0. The second-order valence-corrected chi connectivity index (χ2v) is 9.08. The number of halogens is 1. The predicted octanol–water partition coefficient (Wildman–Crippen LogP) is 3.26. The Bertz CT molecular complexity index is 1260. The summed E-state index contributed by atoms with van der Waals surface area (Å²) in [5.74, 6) is -0.00285. The number of nitrogens with one attached hydrogen (secondary N) is 2. The molecule has 2 atom stereocenters. The molecule has 4 heterocycles. The molecule has 2 aliphatic rings. The molecular weight excluding hydrogens is 452 g/mol. The minimum Gasteiger partial charge on any atom is -0.336 e. The Morgan fingerprint density at radius 1 is 1.06 bits per heavy atom. The van der Waals surface area contributed by atoms with Gasteiger partial charge in [-0.1, -0.05) is 34.3 Å².